The number of hydrogen-bond acceptors (Lipinski definition) is 4. The molecule has 1 aromatic carbocycles. The van der Waals surface area contributed by atoms with Crippen molar-refractivity contribution < 1.29 is 9.53 Å². The first kappa shape index (κ1) is 11.4. The summed E-state index contributed by atoms with van der Waals surface area (Å²) in [5, 5.41) is 6.86. The molecule has 0 bridgehead atoms. The number of fused-ring (bicyclic) bond motifs is 1. The molecule has 2 rings (SSSR count). The average molecular weight is 233 g/mol. The molecule has 0 unspecified atom stereocenters. The molecular weight excluding hydrogens is 218 g/mol. The van der Waals surface area contributed by atoms with Crippen LogP contribution < -0.4 is 15.5 Å². The molecule has 0 aliphatic carbocycles. The summed E-state index contributed by atoms with van der Waals surface area (Å²) in [7, 11) is 1.75. The lowest BCUT2D eigenvalue weighted by atomic mass is 10.1. The van der Waals surface area contributed by atoms with Crippen molar-refractivity contribution in [3.05, 3.63) is 29.3 Å². The van der Waals surface area contributed by atoms with Gasteiger partial charge in [-0.15, -0.1) is 0 Å². The second-order valence-corrected chi connectivity index (χ2v) is 3.74. The number of rotatable bonds is 2. The van der Waals surface area contributed by atoms with Crippen LogP contribution >= 0.6 is 0 Å². The first-order chi connectivity index (χ1) is 8.22. The lowest BCUT2D eigenvalue weighted by molar-refractivity contribution is 0.0957. The quantitative estimate of drug-likeness (QED) is 0.585. The molecule has 5 heteroatoms. The molecule has 1 aromatic rings. The average Bonchev–Trinajstić information content (AvgIpc) is 2.51. The van der Waals surface area contributed by atoms with Gasteiger partial charge in [0.2, 0.25) is 0 Å². The lowest BCUT2D eigenvalue weighted by Gasteiger charge is -2.08. The number of nitrogens with one attached hydrogen (secondary N) is 2. The highest BCUT2D eigenvalue weighted by Gasteiger charge is 2.16. The highest BCUT2D eigenvalue weighted by molar-refractivity contribution is 6.02. The molecule has 0 radical (unpaired) electrons. The van der Waals surface area contributed by atoms with Crippen LogP contribution in [0.5, 0.6) is 5.75 Å². The van der Waals surface area contributed by atoms with E-state index in [-0.39, 0.29) is 5.91 Å². The Bertz CT molecular complexity index is 469. The molecule has 1 amide bonds. The Morgan fingerprint density at radius 3 is 3.12 bits per heavy atom. The van der Waals surface area contributed by atoms with Crippen LogP contribution in [0.2, 0.25) is 0 Å². The fourth-order valence-corrected chi connectivity index (χ4v) is 1.71. The van der Waals surface area contributed by atoms with Gasteiger partial charge in [-0.05, 0) is 19.1 Å². The minimum Gasteiger partial charge on any atom is -0.491 e. The van der Waals surface area contributed by atoms with Gasteiger partial charge in [-0.25, -0.2) is 0 Å². The number of carbonyl (C=O) groups excluding carboxylic acids is 1. The van der Waals surface area contributed by atoms with Crippen LogP contribution in [0.3, 0.4) is 0 Å². The van der Waals surface area contributed by atoms with Gasteiger partial charge in [0.1, 0.15) is 12.4 Å². The zero-order valence-electron chi connectivity index (χ0n) is 9.91. The Morgan fingerprint density at radius 2 is 2.35 bits per heavy atom. The molecule has 0 atom stereocenters. The number of hydrazone groups is 1. The van der Waals surface area contributed by atoms with Crippen molar-refractivity contribution in [2.45, 2.75) is 6.92 Å². The van der Waals surface area contributed by atoms with Gasteiger partial charge in [0.05, 0.1) is 17.8 Å². The third-order valence-electron chi connectivity index (χ3n) is 2.57. The van der Waals surface area contributed by atoms with E-state index < -0.39 is 0 Å². The zero-order valence-corrected chi connectivity index (χ0v) is 9.91. The molecule has 1 aliphatic rings. The van der Waals surface area contributed by atoms with Crippen molar-refractivity contribution in [3.8, 4) is 5.75 Å². The van der Waals surface area contributed by atoms with Gasteiger partial charge in [-0.1, -0.05) is 6.07 Å². The smallest absolute Gasteiger partial charge is 0.255 e. The van der Waals surface area contributed by atoms with Gasteiger partial charge in [0, 0.05) is 12.6 Å². The summed E-state index contributed by atoms with van der Waals surface area (Å²) in [6, 6.07) is 5.47. The van der Waals surface area contributed by atoms with Crippen LogP contribution in [0.15, 0.2) is 23.3 Å². The van der Waals surface area contributed by atoms with Gasteiger partial charge >= 0.3 is 0 Å². The molecule has 17 heavy (non-hydrogen) atoms. The topological polar surface area (TPSA) is 62.7 Å². The van der Waals surface area contributed by atoms with E-state index in [1.165, 1.54) is 0 Å². The third-order valence-corrected chi connectivity index (χ3v) is 2.57. The van der Waals surface area contributed by atoms with Crippen molar-refractivity contribution in [2.75, 3.05) is 20.2 Å². The van der Waals surface area contributed by atoms with E-state index in [4.69, 9.17) is 4.74 Å². The molecule has 0 spiro atoms. The fraction of sp³-hybridized carbons (Fsp3) is 0.333. The van der Waals surface area contributed by atoms with Gasteiger partial charge in [0.15, 0.2) is 0 Å². The van der Waals surface area contributed by atoms with Crippen molar-refractivity contribution in [2.24, 2.45) is 5.10 Å². The van der Waals surface area contributed by atoms with Crippen molar-refractivity contribution >= 4 is 11.6 Å². The number of benzene rings is 1. The highest BCUT2D eigenvalue weighted by atomic mass is 16.5. The van der Waals surface area contributed by atoms with Crippen LogP contribution in [0, 0.1) is 0 Å². The van der Waals surface area contributed by atoms with Gasteiger partial charge in [0.25, 0.3) is 5.91 Å². The van der Waals surface area contributed by atoms with Gasteiger partial charge < -0.3 is 15.5 Å². The Hall–Kier alpha value is -2.04. The molecule has 0 saturated heterocycles. The molecule has 5 nitrogen and oxygen atoms in total. The molecule has 0 fully saturated rings. The van der Waals surface area contributed by atoms with Crippen LogP contribution in [0.25, 0.3) is 0 Å². The summed E-state index contributed by atoms with van der Waals surface area (Å²) in [5.74, 6) is 0.524. The Labute approximate surface area is 99.9 Å². The summed E-state index contributed by atoms with van der Waals surface area (Å²) in [6.07, 6.45) is 0. The van der Waals surface area contributed by atoms with Gasteiger partial charge in [-0.2, -0.15) is 5.10 Å². The minimum atomic E-state index is -0.0905. The largest absolute Gasteiger partial charge is 0.491 e. The molecule has 0 saturated carbocycles. The van der Waals surface area contributed by atoms with E-state index in [0.717, 1.165) is 11.3 Å². The highest BCUT2D eigenvalue weighted by Crippen LogP contribution is 2.22. The predicted molar refractivity (Wildman–Crippen MR) is 65.5 cm³/mol. The summed E-state index contributed by atoms with van der Waals surface area (Å²) in [6.45, 7) is 2.92. The first-order valence-corrected chi connectivity index (χ1v) is 5.49. The number of hydrogen-bond donors (Lipinski definition) is 2. The fourth-order valence-electron chi connectivity index (χ4n) is 1.71. The lowest BCUT2D eigenvalue weighted by Crippen LogP contribution is -2.24. The molecule has 0 aromatic heterocycles. The predicted octanol–water partition coefficient (Wildman–Crippen LogP) is 0.752. The normalized spacial score (nSPS) is 15.4. The van der Waals surface area contributed by atoms with Crippen molar-refractivity contribution in [1.29, 1.82) is 0 Å². The van der Waals surface area contributed by atoms with E-state index in [1.807, 2.05) is 19.1 Å². The summed E-state index contributed by atoms with van der Waals surface area (Å²) < 4.78 is 5.53. The number of carbonyl (C=O) groups is 1. The second kappa shape index (κ2) is 4.86. The van der Waals surface area contributed by atoms with E-state index in [9.17, 15) is 4.79 Å². The van der Waals surface area contributed by atoms with Crippen LogP contribution in [-0.4, -0.2) is 31.8 Å². The minimum absolute atomic E-state index is 0.0905. The second-order valence-electron chi connectivity index (χ2n) is 3.74. The maximum Gasteiger partial charge on any atom is 0.255 e. The number of ether oxygens (including phenoxy) is 1. The molecule has 1 aliphatic heterocycles. The van der Waals surface area contributed by atoms with E-state index in [2.05, 4.69) is 15.8 Å². The Kier molecular flexibility index (Phi) is 3.27. The van der Waals surface area contributed by atoms with Crippen molar-refractivity contribution in [1.82, 2.24) is 10.7 Å². The van der Waals surface area contributed by atoms with Crippen LogP contribution in [0.1, 0.15) is 22.8 Å². The summed E-state index contributed by atoms with van der Waals surface area (Å²) >= 11 is 0. The van der Waals surface area contributed by atoms with Crippen LogP contribution in [-0.2, 0) is 0 Å². The van der Waals surface area contributed by atoms with Crippen molar-refractivity contribution in [3.63, 3.8) is 0 Å². The van der Waals surface area contributed by atoms with E-state index in [1.54, 1.807) is 13.1 Å². The summed E-state index contributed by atoms with van der Waals surface area (Å²) in [5.41, 5.74) is 5.10. The van der Waals surface area contributed by atoms with Gasteiger partial charge in [-0.3, -0.25) is 4.79 Å². The number of nitrogens with zero attached hydrogens (tertiary/aromatic N) is 1. The monoisotopic (exact) mass is 233 g/mol. The molecular formula is C12H15N3O2. The maximum absolute atomic E-state index is 11.7. The molecule has 90 valence electrons. The Balaban J connectivity index is 2.39. The van der Waals surface area contributed by atoms with E-state index >= 15 is 0 Å². The third kappa shape index (κ3) is 2.38. The standard InChI is InChI=1S/C12H15N3O2/c1-8(15-13-2)9-3-4-10-11(7-9)17-6-5-14-12(10)16/h3-4,7,13H,5-6H2,1-2H3,(H,14,16)/b15-8+. The zero-order chi connectivity index (χ0) is 12.3. The maximum atomic E-state index is 11.7. The molecule has 1 heterocycles. The summed E-state index contributed by atoms with van der Waals surface area (Å²) in [4.78, 5) is 11.7. The van der Waals surface area contributed by atoms with E-state index in [0.29, 0.717) is 24.5 Å². The number of amides is 1. The SMILES string of the molecule is CN/N=C(\C)c1ccc2c(c1)OCCNC2=O. The first-order valence-electron chi connectivity index (χ1n) is 5.49. The Morgan fingerprint density at radius 1 is 1.53 bits per heavy atom. The van der Waals surface area contributed by atoms with Crippen LogP contribution in [0.4, 0.5) is 0 Å². The molecule has 2 N–H and O–H groups in total.